The second-order valence-electron chi connectivity index (χ2n) is 6.04. The standard InChI is InChI=1S/C19H21NO/c1-19(2,3)17(14-15-10-6-4-7-11-15)18(21)20-16-12-8-5-9-13-16/h4-14H,1-3H3,(H,20,21). The summed E-state index contributed by atoms with van der Waals surface area (Å²) in [4.78, 5) is 12.6. The van der Waals surface area contributed by atoms with Crippen molar-refractivity contribution in [1.82, 2.24) is 0 Å². The molecule has 0 radical (unpaired) electrons. The molecule has 2 heteroatoms. The first-order valence-corrected chi connectivity index (χ1v) is 7.10. The molecule has 21 heavy (non-hydrogen) atoms. The van der Waals surface area contributed by atoms with Gasteiger partial charge in [0.2, 0.25) is 0 Å². The lowest BCUT2D eigenvalue weighted by Gasteiger charge is -2.22. The van der Waals surface area contributed by atoms with Crippen LogP contribution in [0.3, 0.4) is 0 Å². The number of anilines is 1. The Hall–Kier alpha value is -2.35. The third-order valence-electron chi connectivity index (χ3n) is 3.19. The van der Waals surface area contributed by atoms with Gasteiger partial charge in [0, 0.05) is 11.3 Å². The van der Waals surface area contributed by atoms with Crippen LogP contribution in [-0.2, 0) is 4.79 Å². The maximum atomic E-state index is 12.6. The van der Waals surface area contributed by atoms with Gasteiger partial charge in [0.1, 0.15) is 0 Å². The van der Waals surface area contributed by atoms with Crippen molar-refractivity contribution in [1.29, 1.82) is 0 Å². The summed E-state index contributed by atoms with van der Waals surface area (Å²) in [6.07, 6.45) is 1.96. The van der Waals surface area contributed by atoms with E-state index in [0.29, 0.717) is 0 Å². The molecule has 2 aromatic rings. The van der Waals surface area contributed by atoms with Crippen LogP contribution in [0.2, 0.25) is 0 Å². The molecule has 2 aromatic carbocycles. The summed E-state index contributed by atoms with van der Waals surface area (Å²) in [5, 5.41) is 2.96. The summed E-state index contributed by atoms with van der Waals surface area (Å²) in [5.74, 6) is -0.0578. The summed E-state index contributed by atoms with van der Waals surface area (Å²) in [6, 6.07) is 19.5. The highest BCUT2D eigenvalue weighted by Gasteiger charge is 2.23. The fourth-order valence-corrected chi connectivity index (χ4v) is 2.06. The molecular formula is C19H21NO. The van der Waals surface area contributed by atoms with Crippen LogP contribution in [0.1, 0.15) is 26.3 Å². The molecule has 0 aliphatic heterocycles. The number of hydrogen-bond acceptors (Lipinski definition) is 1. The first-order valence-electron chi connectivity index (χ1n) is 7.10. The molecule has 0 spiro atoms. The number of carbonyl (C=O) groups is 1. The zero-order chi connectivity index (χ0) is 15.3. The molecule has 108 valence electrons. The number of rotatable bonds is 3. The van der Waals surface area contributed by atoms with Crippen molar-refractivity contribution in [3.63, 3.8) is 0 Å². The third kappa shape index (κ3) is 4.32. The Balaban J connectivity index is 2.29. The zero-order valence-corrected chi connectivity index (χ0v) is 12.8. The van der Waals surface area contributed by atoms with E-state index in [-0.39, 0.29) is 11.3 Å². The number of nitrogens with one attached hydrogen (secondary N) is 1. The predicted molar refractivity (Wildman–Crippen MR) is 88.9 cm³/mol. The summed E-state index contributed by atoms with van der Waals surface area (Å²) >= 11 is 0. The molecule has 0 aliphatic carbocycles. The second-order valence-corrected chi connectivity index (χ2v) is 6.04. The van der Waals surface area contributed by atoms with E-state index in [0.717, 1.165) is 16.8 Å². The number of hydrogen-bond donors (Lipinski definition) is 1. The Kier molecular flexibility index (Phi) is 4.59. The normalized spacial score (nSPS) is 12.0. The predicted octanol–water partition coefficient (Wildman–Crippen LogP) is 4.75. The lowest BCUT2D eigenvalue weighted by Crippen LogP contribution is -2.23. The minimum Gasteiger partial charge on any atom is -0.322 e. The van der Waals surface area contributed by atoms with E-state index in [1.165, 1.54) is 0 Å². The number of para-hydroxylation sites is 1. The van der Waals surface area contributed by atoms with Gasteiger partial charge in [-0.05, 0) is 29.2 Å². The van der Waals surface area contributed by atoms with Crippen LogP contribution in [0.5, 0.6) is 0 Å². The minimum absolute atomic E-state index is 0.0578. The van der Waals surface area contributed by atoms with Crippen molar-refractivity contribution >= 4 is 17.7 Å². The van der Waals surface area contributed by atoms with Crippen LogP contribution in [0, 0.1) is 5.41 Å². The minimum atomic E-state index is -0.227. The molecule has 0 aromatic heterocycles. The summed E-state index contributed by atoms with van der Waals surface area (Å²) in [7, 11) is 0. The van der Waals surface area contributed by atoms with Crippen LogP contribution >= 0.6 is 0 Å². The van der Waals surface area contributed by atoms with E-state index >= 15 is 0 Å². The molecular weight excluding hydrogens is 258 g/mol. The van der Waals surface area contributed by atoms with Gasteiger partial charge < -0.3 is 5.32 Å². The van der Waals surface area contributed by atoms with Gasteiger partial charge in [-0.1, -0.05) is 69.3 Å². The van der Waals surface area contributed by atoms with Gasteiger partial charge in [0.25, 0.3) is 5.91 Å². The highest BCUT2D eigenvalue weighted by Crippen LogP contribution is 2.28. The van der Waals surface area contributed by atoms with Gasteiger partial charge in [-0.2, -0.15) is 0 Å². The molecule has 0 bridgehead atoms. The van der Waals surface area contributed by atoms with Crippen molar-refractivity contribution in [2.75, 3.05) is 5.32 Å². The molecule has 1 N–H and O–H groups in total. The third-order valence-corrected chi connectivity index (χ3v) is 3.19. The second kappa shape index (κ2) is 6.40. The van der Waals surface area contributed by atoms with Crippen molar-refractivity contribution in [3.05, 3.63) is 71.8 Å². The largest absolute Gasteiger partial charge is 0.322 e. The first-order chi connectivity index (χ1) is 9.97. The van der Waals surface area contributed by atoms with Gasteiger partial charge in [0.05, 0.1) is 0 Å². The zero-order valence-electron chi connectivity index (χ0n) is 12.8. The molecule has 0 fully saturated rings. The molecule has 0 saturated carbocycles. The van der Waals surface area contributed by atoms with E-state index < -0.39 is 0 Å². The average Bonchev–Trinajstić information content (AvgIpc) is 2.45. The van der Waals surface area contributed by atoms with Crippen molar-refractivity contribution in [2.45, 2.75) is 20.8 Å². The van der Waals surface area contributed by atoms with Crippen molar-refractivity contribution < 1.29 is 4.79 Å². The molecule has 0 heterocycles. The topological polar surface area (TPSA) is 29.1 Å². The molecule has 0 unspecified atom stereocenters. The van der Waals surface area contributed by atoms with Crippen LogP contribution in [-0.4, -0.2) is 5.91 Å². The van der Waals surface area contributed by atoms with E-state index in [4.69, 9.17) is 0 Å². The lowest BCUT2D eigenvalue weighted by atomic mass is 9.84. The van der Waals surface area contributed by atoms with Gasteiger partial charge in [-0.3, -0.25) is 4.79 Å². The quantitative estimate of drug-likeness (QED) is 0.807. The summed E-state index contributed by atoms with van der Waals surface area (Å²) in [5.41, 5.74) is 2.38. The molecule has 2 nitrogen and oxygen atoms in total. The van der Waals surface area contributed by atoms with Gasteiger partial charge in [-0.25, -0.2) is 0 Å². The summed E-state index contributed by atoms with van der Waals surface area (Å²) in [6.45, 7) is 6.14. The molecule has 0 saturated heterocycles. The van der Waals surface area contributed by atoms with Crippen molar-refractivity contribution in [2.24, 2.45) is 5.41 Å². The fraction of sp³-hybridized carbons (Fsp3) is 0.211. The number of amides is 1. The van der Waals surface area contributed by atoms with Gasteiger partial charge >= 0.3 is 0 Å². The highest BCUT2D eigenvalue weighted by molar-refractivity contribution is 6.07. The Morgan fingerprint density at radius 1 is 0.905 bits per heavy atom. The Morgan fingerprint density at radius 3 is 1.95 bits per heavy atom. The van der Waals surface area contributed by atoms with Crippen LogP contribution in [0.25, 0.3) is 6.08 Å². The van der Waals surface area contributed by atoms with Gasteiger partial charge in [0.15, 0.2) is 0 Å². The number of benzene rings is 2. The van der Waals surface area contributed by atoms with Gasteiger partial charge in [-0.15, -0.1) is 0 Å². The maximum absolute atomic E-state index is 12.6. The maximum Gasteiger partial charge on any atom is 0.252 e. The average molecular weight is 279 g/mol. The fourth-order valence-electron chi connectivity index (χ4n) is 2.06. The van der Waals surface area contributed by atoms with E-state index in [9.17, 15) is 4.79 Å². The van der Waals surface area contributed by atoms with E-state index in [2.05, 4.69) is 5.32 Å². The first kappa shape index (κ1) is 15.0. The Bertz CT molecular complexity index is 622. The lowest BCUT2D eigenvalue weighted by molar-refractivity contribution is -0.113. The van der Waals surface area contributed by atoms with E-state index in [1.54, 1.807) is 0 Å². The van der Waals surface area contributed by atoms with Crippen LogP contribution in [0.15, 0.2) is 66.2 Å². The summed E-state index contributed by atoms with van der Waals surface area (Å²) < 4.78 is 0. The van der Waals surface area contributed by atoms with Crippen molar-refractivity contribution in [3.8, 4) is 0 Å². The monoisotopic (exact) mass is 279 g/mol. The Labute approximate surface area is 126 Å². The Morgan fingerprint density at radius 2 is 1.43 bits per heavy atom. The highest BCUT2D eigenvalue weighted by atomic mass is 16.1. The molecule has 0 atom stereocenters. The number of carbonyl (C=O) groups excluding carboxylic acids is 1. The van der Waals surface area contributed by atoms with E-state index in [1.807, 2.05) is 87.5 Å². The van der Waals surface area contributed by atoms with Crippen LogP contribution in [0.4, 0.5) is 5.69 Å². The molecule has 0 aliphatic rings. The molecule has 2 rings (SSSR count). The SMILES string of the molecule is CC(C)(C)C(=Cc1ccccc1)C(=O)Nc1ccccc1. The molecule has 1 amide bonds. The van der Waals surface area contributed by atoms with Crippen LogP contribution < -0.4 is 5.32 Å². The smallest absolute Gasteiger partial charge is 0.252 e.